The number of amides is 1. The maximum atomic E-state index is 11.4. The fourth-order valence-corrected chi connectivity index (χ4v) is 3.70. The van der Waals surface area contributed by atoms with Crippen LogP contribution in [0.15, 0.2) is 24.3 Å². The zero-order chi connectivity index (χ0) is 15.0. The number of hydrogen-bond acceptors (Lipinski definition) is 3. The Morgan fingerprint density at radius 1 is 1.29 bits per heavy atom. The molecular formula is C17H24N2O2. The minimum atomic E-state index is 0.0433. The van der Waals surface area contributed by atoms with E-state index in [1.165, 1.54) is 0 Å². The van der Waals surface area contributed by atoms with E-state index in [0.29, 0.717) is 24.5 Å². The summed E-state index contributed by atoms with van der Waals surface area (Å²) >= 11 is 0. The molecule has 3 atom stereocenters. The summed E-state index contributed by atoms with van der Waals surface area (Å²) in [7, 11) is 0. The van der Waals surface area contributed by atoms with Gasteiger partial charge in [0.15, 0.2) is 0 Å². The molecule has 4 nitrogen and oxygen atoms in total. The molecule has 1 saturated heterocycles. The lowest BCUT2D eigenvalue weighted by Gasteiger charge is -2.55. The predicted molar refractivity (Wildman–Crippen MR) is 84.4 cm³/mol. The first-order chi connectivity index (χ1) is 10.0. The van der Waals surface area contributed by atoms with Gasteiger partial charge in [-0.3, -0.25) is 4.79 Å². The molecular weight excluding hydrogens is 264 g/mol. The lowest BCUT2D eigenvalue weighted by molar-refractivity contribution is -0.115. The van der Waals surface area contributed by atoms with Gasteiger partial charge in [-0.15, -0.1) is 0 Å². The van der Waals surface area contributed by atoms with Crippen LogP contribution in [0.5, 0.6) is 0 Å². The largest absolute Gasteiger partial charge is 0.381 e. The molecule has 1 heterocycles. The van der Waals surface area contributed by atoms with Crippen molar-refractivity contribution in [1.29, 1.82) is 0 Å². The number of carbonyl (C=O) groups is 1. The topological polar surface area (TPSA) is 50.4 Å². The molecule has 1 amide bonds. The number of carbonyl (C=O) groups excluding carboxylic acids is 1. The summed E-state index contributed by atoms with van der Waals surface area (Å²) in [4.78, 5) is 11.4. The van der Waals surface area contributed by atoms with Gasteiger partial charge >= 0.3 is 0 Å². The Balaban J connectivity index is 1.64. The van der Waals surface area contributed by atoms with Gasteiger partial charge < -0.3 is 15.4 Å². The molecule has 2 aliphatic rings. The first-order valence-corrected chi connectivity index (χ1v) is 7.80. The Bertz CT molecular complexity index is 524. The average molecular weight is 288 g/mol. The van der Waals surface area contributed by atoms with Gasteiger partial charge in [0, 0.05) is 41.8 Å². The maximum Gasteiger partial charge on any atom is 0.224 e. The number of rotatable bonds is 4. The van der Waals surface area contributed by atoms with Gasteiger partial charge in [0.2, 0.25) is 5.91 Å². The van der Waals surface area contributed by atoms with Crippen LogP contribution in [0, 0.1) is 11.3 Å². The molecule has 0 radical (unpaired) electrons. The molecule has 1 aliphatic carbocycles. The van der Waals surface area contributed by atoms with Crippen molar-refractivity contribution >= 4 is 17.3 Å². The highest BCUT2D eigenvalue weighted by Gasteiger charge is 2.59. The minimum Gasteiger partial charge on any atom is -0.381 e. The summed E-state index contributed by atoms with van der Waals surface area (Å²) in [6.45, 7) is 7.28. The van der Waals surface area contributed by atoms with E-state index in [1.54, 1.807) is 0 Å². The second-order valence-electron chi connectivity index (χ2n) is 6.67. The number of fused-ring (bicyclic) bond motifs is 1. The molecule has 1 aromatic rings. The summed E-state index contributed by atoms with van der Waals surface area (Å²) in [5.74, 6) is 0.668. The van der Waals surface area contributed by atoms with Gasteiger partial charge in [0.25, 0.3) is 0 Å². The van der Waals surface area contributed by atoms with E-state index in [0.717, 1.165) is 24.4 Å². The highest BCUT2D eigenvalue weighted by atomic mass is 16.5. The number of benzene rings is 1. The van der Waals surface area contributed by atoms with Crippen molar-refractivity contribution in [3.63, 3.8) is 0 Å². The highest BCUT2D eigenvalue weighted by Crippen LogP contribution is 2.53. The molecule has 2 fully saturated rings. The van der Waals surface area contributed by atoms with Crippen LogP contribution in [0.1, 0.15) is 33.6 Å². The quantitative estimate of drug-likeness (QED) is 0.894. The van der Waals surface area contributed by atoms with Crippen LogP contribution >= 0.6 is 0 Å². The van der Waals surface area contributed by atoms with Crippen molar-refractivity contribution in [2.75, 3.05) is 17.2 Å². The molecule has 1 aromatic carbocycles. The summed E-state index contributed by atoms with van der Waals surface area (Å²) in [6.07, 6.45) is 2.05. The highest BCUT2D eigenvalue weighted by molar-refractivity contribution is 5.90. The van der Waals surface area contributed by atoms with Crippen molar-refractivity contribution in [3.05, 3.63) is 24.3 Å². The second-order valence-corrected chi connectivity index (χ2v) is 6.67. The van der Waals surface area contributed by atoms with Gasteiger partial charge in [-0.1, -0.05) is 20.8 Å². The van der Waals surface area contributed by atoms with E-state index in [2.05, 4.69) is 24.5 Å². The minimum absolute atomic E-state index is 0.0433. The van der Waals surface area contributed by atoms with Gasteiger partial charge in [-0.25, -0.2) is 0 Å². The van der Waals surface area contributed by atoms with Crippen LogP contribution in [0.4, 0.5) is 11.4 Å². The third-order valence-electron chi connectivity index (χ3n) is 4.91. The monoisotopic (exact) mass is 288 g/mol. The summed E-state index contributed by atoms with van der Waals surface area (Å²) in [5, 5.41) is 6.51. The maximum absolute atomic E-state index is 11.4. The SMILES string of the molecule is CCC(=O)Nc1ccc(NC2C3CCOC3C2(C)C)cc1. The van der Waals surface area contributed by atoms with Gasteiger partial charge in [0.1, 0.15) is 0 Å². The molecule has 2 N–H and O–H groups in total. The molecule has 114 valence electrons. The van der Waals surface area contributed by atoms with Crippen molar-refractivity contribution in [3.8, 4) is 0 Å². The number of anilines is 2. The zero-order valence-electron chi connectivity index (χ0n) is 13.0. The molecule has 0 aromatic heterocycles. The molecule has 3 unspecified atom stereocenters. The van der Waals surface area contributed by atoms with Crippen molar-refractivity contribution in [2.45, 2.75) is 45.8 Å². The molecule has 0 spiro atoms. The smallest absolute Gasteiger partial charge is 0.224 e. The number of nitrogens with one attached hydrogen (secondary N) is 2. The second kappa shape index (κ2) is 5.34. The van der Waals surface area contributed by atoms with Crippen LogP contribution in [-0.4, -0.2) is 24.7 Å². The van der Waals surface area contributed by atoms with Crippen LogP contribution < -0.4 is 10.6 Å². The van der Waals surface area contributed by atoms with E-state index in [1.807, 2.05) is 31.2 Å². The van der Waals surface area contributed by atoms with Gasteiger partial charge in [-0.05, 0) is 30.7 Å². The molecule has 0 bridgehead atoms. The van der Waals surface area contributed by atoms with Crippen molar-refractivity contribution in [1.82, 2.24) is 0 Å². The Morgan fingerprint density at radius 2 is 1.95 bits per heavy atom. The third-order valence-corrected chi connectivity index (χ3v) is 4.91. The summed E-state index contributed by atoms with van der Waals surface area (Å²) < 4.78 is 5.82. The molecule has 21 heavy (non-hydrogen) atoms. The summed E-state index contributed by atoms with van der Waals surface area (Å²) in [5.41, 5.74) is 2.13. The predicted octanol–water partition coefficient (Wildman–Crippen LogP) is 3.26. The normalized spacial score (nSPS) is 29.4. The van der Waals surface area contributed by atoms with Crippen LogP contribution in [0.25, 0.3) is 0 Å². The van der Waals surface area contributed by atoms with Crippen LogP contribution in [0.2, 0.25) is 0 Å². The Hall–Kier alpha value is -1.55. The first-order valence-electron chi connectivity index (χ1n) is 7.80. The number of ether oxygens (including phenoxy) is 1. The van der Waals surface area contributed by atoms with Gasteiger partial charge in [0.05, 0.1) is 6.10 Å². The van der Waals surface area contributed by atoms with Gasteiger partial charge in [-0.2, -0.15) is 0 Å². The fourth-order valence-electron chi connectivity index (χ4n) is 3.70. The third kappa shape index (κ3) is 2.53. The van der Waals surface area contributed by atoms with Crippen LogP contribution in [0.3, 0.4) is 0 Å². The Kier molecular flexibility index (Phi) is 3.66. The average Bonchev–Trinajstić information content (AvgIpc) is 2.93. The lowest BCUT2D eigenvalue weighted by Crippen LogP contribution is -2.63. The fraction of sp³-hybridized carbons (Fsp3) is 0.588. The Labute approximate surface area is 126 Å². The molecule has 1 aliphatic heterocycles. The standard InChI is InChI=1S/C17H24N2O2/c1-4-14(20)18-11-5-7-12(8-6-11)19-15-13-9-10-21-16(13)17(15,2)3/h5-8,13,15-16,19H,4,9-10H2,1-3H3,(H,18,20). The van der Waals surface area contributed by atoms with E-state index in [9.17, 15) is 4.79 Å². The molecule has 1 saturated carbocycles. The first kappa shape index (κ1) is 14.4. The number of hydrogen-bond donors (Lipinski definition) is 2. The molecule has 4 heteroatoms. The lowest BCUT2D eigenvalue weighted by atomic mass is 9.57. The van der Waals surface area contributed by atoms with E-state index in [-0.39, 0.29) is 11.3 Å². The van der Waals surface area contributed by atoms with Crippen molar-refractivity contribution < 1.29 is 9.53 Å². The molecule has 3 rings (SSSR count). The zero-order valence-corrected chi connectivity index (χ0v) is 13.0. The van der Waals surface area contributed by atoms with E-state index in [4.69, 9.17) is 4.74 Å². The van der Waals surface area contributed by atoms with E-state index >= 15 is 0 Å². The van der Waals surface area contributed by atoms with E-state index < -0.39 is 0 Å². The van der Waals surface area contributed by atoms with Crippen LogP contribution in [-0.2, 0) is 9.53 Å². The summed E-state index contributed by atoms with van der Waals surface area (Å²) in [6, 6.07) is 8.42. The Morgan fingerprint density at radius 3 is 2.62 bits per heavy atom. The van der Waals surface area contributed by atoms with Crippen molar-refractivity contribution in [2.24, 2.45) is 11.3 Å².